The Morgan fingerprint density at radius 1 is 1.25 bits per heavy atom. The van der Waals surface area contributed by atoms with Gasteiger partial charge in [-0.2, -0.15) is 12.7 Å². The van der Waals surface area contributed by atoms with Crippen molar-refractivity contribution >= 4 is 38.5 Å². The first-order valence-corrected chi connectivity index (χ1v) is 7.55. The van der Waals surface area contributed by atoms with Gasteiger partial charge in [0.25, 0.3) is 0 Å². The molecule has 1 rings (SSSR count). The van der Waals surface area contributed by atoms with Crippen LogP contribution >= 0.6 is 22.6 Å². The van der Waals surface area contributed by atoms with Crippen LogP contribution in [0.25, 0.3) is 0 Å². The van der Waals surface area contributed by atoms with E-state index >= 15 is 0 Å². The first-order valence-electron chi connectivity index (χ1n) is 5.03. The molecule has 0 saturated heterocycles. The number of halogens is 1. The van der Waals surface area contributed by atoms with Crippen LogP contribution in [0.4, 0.5) is 5.69 Å². The molecule has 0 aliphatic carbocycles. The van der Waals surface area contributed by atoms with Crippen LogP contribution in [0.15, 0.2) is 24.3 Å². The van der Waals surface area contributed by atoms with Crippen LogP contribution in [-0.2, 0) is 10.2 Å². The quantitative estimate of drug-likeness (QED) is 0.825. The van der Waals surface area contributed by atoms with Gasteiger partial charge in [-0.1, -0.05) is 26.0 Å². The maximum absolute atomic E-state index is 11.9. The third-order valence-corrected chi connectivity index (χ3v) is 4.77. The van der Waals surface area contributed by atoms with E-state index in [0.717, 1.165) is 3.57 Å². The lowest BCUT2D eigenvalue weighted by atomic mass is 10.3. The number of nitrogens with zero attached hydrogens (tertiary/aromatic N) is 1. The predicted octanol–water partition coefficient (Wildman–Crippen LogP) is 2.29. The Hall–Kier alpha value is -0.340. The number of rotatable bonds is 5. The molecule has 0 fully saturated rings. The fraction of sp³-hybridized carbons (Fsp3) is 0.400. The highest BCUT2D eigenvalue weighted by Crippen LogP contribution is 2.19. The lowest BCUT2D eigenvalue weighted by Crippen LogP contribution is -2.35. The molecular formula is C10H15IN2O2S. The fourth-order valence-electron chi connectivity index (χ4n) is 1.31. The Kier molecular flexibility index (Phi) is 5.00. The van der Waals surface area contributed by atoms with Crippen molar-refractivity contribution in [2.45, 2.75) is 13.8 Å². The number of hydrogen-bond donors (Lipinski definition) is 1. The van der Waals surface area contributed by atoms with E-state index in [2.05, 4.69) is 27.3 Å². The molecule has 16 heavy (non-hydrogen) atoms. The van der Waals surface area contributed by atoms with Crippen molar-refractivity contribution in [2.75, 3.05) is 17.8 Å². The number of anilines is 1. The molecule has 90 valence electrons. The Balaban J connectivity index is 2.93. The van der Waals surface area contributed by atoms with Crippen molar-refractivity contribution in [1.82, 2.24) is 4.31 Å². The zero-order valence-electron chi connectivity index (χ0n) is 9.27. The highest BCUT2D eigenvalue weighted by Gasteiger charge is 2.18. The van der Waals surface area contributed by atoms with Crippen LogP contribution in [-0.4, -0.2) is 25.8 Å². The maximum Gasteiger partial charge on any atom is 0.301 e. The molecule has 0 bridgehead atoms. The molecule has 0 spiro atoms. The predicted molar refractivity (Wildman–Crippen MR) is 74.6 cm³/mol. The summed E-state index contributed by atoms with van der Waals surface area (Å²) in [6, 6.07) is 7.29. The van der Waals surface area contributed by atoms with Gasteiger partial charge in [0.15, 0.2) is 0 Å². The van der Waals surface area contributed by atoms with Crippen molar-refractivity contribution in [1.29, 1.82) is 0 Å². The monoisotopic (exact) mass is 354 g/mol. The van der Waals surface area contributed by atoms with E-state index in [9.17, 15) is 8.42 Å². The summed E-state index contributed by atoms with van der Waals surface area (Å²) in [5, 5.41) is 0. The van der Waals surface area contributed by atoms with Gasteiger partial charge in [0.2, 0.25) is 0 Å². The summed E-state index contributed by atoms with van der Waals surface area (Å²) in [5.74, 6) is 0. The second-order valence-corrected chi connectivity index (χ2v) is 6.00. The summed E-state index contributed by atoms with van der Waals surface area (Å²) >= 11 is 2.10. The molecule has 0 heterocycles. The Morgan fingerprint density at radius 3 is 2.31 bits per heavy atom. The second-order valence-electron chi connectivity index (χ2n) is 3.17. The van der Waals surface area contributed by atoms with Gasteiger partial charge in [-0.3, -0.25) is 4.72 Å². The Labute approximate surface area is 110 Å². The Bertz CT molecular complexity index is 444. The van der Waals surface area contributed by atoms with Crippen molar-refractivity contribution in [3.05, 3.63) is 27.8 Å². The average Bonchev–Trinajstić information content (AvgIpc) is 2.22. The van der Waals surface area contributed by atoms with E-state index in [0.29, 0.717) is 18.8 Å². The topological polar surface area (TPSA) is 49.4 Å². The minimum absolute atomic E-state index is 0.468. The van der Waals surface area contributed by atoms with Crippen LogP contribution in [0.2, 0.25) is 0 Å². The van der Waals surface area contributed by atoms with Crippen LogP contribution < -0.4 is 4.72 Å². The van der Waals surface area contributed by atoms with E-state index in [-0.39, 0.29) is 0 Å². The zero-order valence-corrected chi connectivity index (χ0v) is 12.2. The highest BCUT2D eigenvalue weighted by atomic mass is 127. The van der Waals surface area contributed by atoms with E-state index in [1.54, 1.807) is 6.07 Å². The minimum atomic E-state index is -3.42. The number of nitrogens with one attached hydrogen (secondary N) is 1. The smallest absolute Gasteiger partial charge is 0.270 e. The van der Waals surface area contributed by atoms with E-state index in [1.807, 2.05) is 32.0 Å². The summed E-state index contributed by atoms with van der Waals surface area (Å²) in [6.45, 7) is 4.57. The first kappa shape index (κ1) is 13.7. The van der Waals surface area contributed by atoms with Gasteiger partial charge >= 0.3 is 10.2 Å². The molecule has 1 aromatic rings. The lowest BCUT2D eigenvalue weighted by molar-refractivity contribution is 0.449. The lowest BCUT2D eigenvalue weighted by Gasteiger charge is -2.19. The standard InChI is InChI=1S/C10H15IN2O2S/c1-3-13(4-2)16(14,15)12-10-8-6-5-7-9(10)11/h5-8,12H,3-4H2,1-2H3. The third kappa shape index (κ3) is 3.33. The largest absolute Gasteiger partial charge is 0.301 e. The van der Waals surface area contributed by atoms with Crippen LogP contribution in [0.1, 0.15) is 13.8 Å². The average molecular weight is 354 g/mol. The van der Waals surface area contributed by atoms with Gasteiger partial charge < -0.3 is 0 Å². The molecule has 0 aromatic heterocycles. The zero-order chi connectivity index (χ0) is 12.2. The van der Waals surface area contributed by atoms with Gasteiger partial charge in [-0.15, -0.1) is 0 Å². The van der Waals surface area contributed by atoms with Crippen molar-refractivity contribution < 1.29 is 8.42 Å². The molecule has 6 heteroatoms. The van der Waals surface area contributed by atoms with E-state index in [4.69, 9.17) is 0 Å². The molecule has 0 aliphatic heterocycles. The van der Waals surface area contributed by atoms with Crippen LogP contribution in [0.5, 0.6) is 0 Å². The third-order valence-electron chi connectivity index (χ3n) is 2.16. The van der Waals surface area contributed by atoms with Crippen molar-refractivity contribution in [3.63, 3.8) is 0 Å². The summed E-state index contributed by atoms with van der Waals surface area (Å²) in [6.07, 6.45) is 0. The molecule has 0 amide bonds. The molecule has 0 radical (unpaired) electrons. The summed E-state index contributed by atoms with van der Waals surface area (Å²) < 4.78 is 28.7. The summed E-state index contributed by atoms with van der Waals surface area (Å²) in [4.78, 5) is 0. The Morgan fingerprint density at radius 2 is 1.81 bits per heavy atom. The van der Waals surface area contributed by atoms with Gasteiger partial charge in [-0.05, 0) is 34.7 Å². The molecule has 0 atom stereocenters. The number of para-hydroxylation sites is 1. The van der Waals surface area contributed by atoms with Gasteiger partial charge in [0.1, 0.15) is 0 Å². The second kappa shape index (κ2) is 5.83. The molecule has 0 aliphatic rings. The molecule has 0 saturated carbocycles. The fourth-order valence-corrected chi connectivity index (χ4v) is 3.28. The maximum atomic E-state index is 11.9. The van der Waals surface area contributed by atoms with Crippen LogP contribution in [0.3, 0.4) is 0 Å². The van der Waals surface area contributed by atoms with Gasteiger partial charge in [0, 0.05) is 16.7 Å². The first-order chi connectivity index (χ1) is 7.51. The SMILES string of the molecule is CCN(CC)S(=O)(=O)Nc1ccccc1I. The van der Waals surface area contributed by atoms with Gasteiger partial charge in [-0.25, -0.2) is 0 Å². The van der Waals surface area contributed by atoms with Crippen LogP contribution in [0, 0.1) is 3.57 Å². The normalized spacial score (nSPS) is 11.8. The number of hydrogen-bond acceptors (Lipinski definition) is 2. The molecule has 4 nitrogen and oxygen atoms in total. The van der Waals surface area contributed by atoms with E-state index < -0.39 is 10.2 Å². The summed E-state index contributed by atoms with van der Waals surface area (Å²) in [7, 11) is -3.42. The van der Waals surface area contributed by atoms with Crippen molar-refractivity contribution in [2.24, 2.45) is 0 Å². The van der Waals surface area contributed by atoms with E-state index in [1.165, 1.54) is 4.31 Å². The molecular weight excluding hydrogens is 339 g/mol. The summed E-state index contributed by atoms with van der Waals surface area (Å²) in [5.41, 5.74) is 0.620. The molecule has 1 N–H and O–H groups in total. The van der Waals surface area contributed by atoms with Crippen molar-refractivity contribution in [3.8, 4) is 0 Å². The van der Waals surface area contributed by atoms with Gasteiger partial charge in [0.05, 0.1) is 5.69 Å². The number of benzene rings is 1. The molecule has 1 aromatic carbocycles. The highest BCUT2D eigenvalue weighted by molar-refractivity contribution is 14.1. The molecule has 0 unspecified atom stereocenters. The minimum Gasteiger partial charge on any atom is -0.270 e.